The molecule has 3 rings (SSSR count). The number of amides is 1. The Labute approximate surface area is 152 Å². The van der Waals surface area contributed by atoms with E-state index in [4.69, 9.17) is 0 Å². The van der Waals surface area contributed by atoms with Crippen LogP contribution in [0, 0.1) is 0 Å². The molecular formula is C19H19N3O3S. The molecule has 1 N–H and O–H groups in total. The zero-order chi connectivity index (χ0) is 18.7. The summed E-state index contributed by atoms with van der Waals surface area (Å²) in [6.07, 6.45) is 6.43. The third-order valence-corrected chi connectivity index (χ3v) is 5.22. The fourth-order valence-corrected chi connectivity index (χ4v) is 3.19. The Balaban J connectivity index is 1.69. The zero-order valence-corrected chi connectivity index (χ0v) is 15.3. The van der Waals surface area contributed by atoms with Crippen LogP contribution in [0.1, 0.15) is 28.9 Å². The minimum Gasteiger partial charge on any atom is -0.346 e. The van der Waals surface area contributed by atoms with E-state index < -0.39 is 9.84 Å². The van der Waals surface area contributed by atoms with Crippen molar-refractivity contribution in [2.45, 2.75) is 17.9 Å². The molecule has 0 bridgehead atoms. The van der Waals surface area contributed by atoms with Crippen LogP contribution in [0.25, 0.3) is 5.69 Å². The highest BCUT2D eigenvalue weighted by molar-refractivity contribution is 7.90. The number of hydrogen-bond acceptors (Lipinski definition) is 4. The third kappa shape index (κ3) is 4.00. The quantitative estimate of drug-likeness (QED) is 0.750. The SMILES string of the molecule is C[C@H](NC(=O)c1ccc(S(C)(=O)=O)cc1)c1ccc(-n2ccnc2)cc1. The van der Waals surface area contributed by atoms with Crippen LogP contribution >= 0.6 is 0 Å². The molecule has 0 radical (unpaired) electrons. The second kappa shape index (κ2) is 7.13. The number of nitrogens with one attached hydrogen (secondary N) is 1. The molecule has 0 unspecified atom stereocenters. The predicted molar refractivity (Wildman–Crippen MR) is 99.0 cm³/mol. The maximum atomic E-state index is 12.4. The number of carbonyl (C=O) groups excluding carboxylic acids is 1. The molecule has 1 atom stereocenters. The molecule has 0 aliphatic heterocycles. The Morgan fingerprint density at radius 2 is 1.73 bits per heavy atom. The molecule has 0 saturated carbocycles. The van der Waals surface area contributed by atoms with E-state index in [2.05, 4.69) is 10.3 Å². The lowest BCUT2D eigenvalue weighted by atomic mass is 10.1. The van der Waals surface area contributed by atoms with E-state index in [0.29, 0.717) is 5.56 Å². The Morgan fingerprint density at radius 1 is 1.08 bits per heavy atom. The molecule has 1 heterocycles. The van der Waals surface area contributed by atoms with Crippen molar-refractivity contribution in [1.29, 1.82) is 0 Å². The van der Waals surface area contributed by atoms with Crippen molar-refractivity contribution in [3.05, 3.63) is 78.4 Å². The molecule has 3 aromatic rings. The van der Waals surface area contributed by atoms with Crippen LogP contribution in [-0.2, 0) is 9.84 Å². The summed E-state index contributed by atoms with van der Waals surface area (Å²) in [5.41, 5.74) is 2.37. The molecule has 7 heteroatoms. The van der Waals surface area contributed by atoms with Gasteiger partial charge in [0.05, 0.1) is 17.3 Å². The van der Waals surface area contributed by atoms with Crippen molar-refractivity contribution in [2.24, 2.45) is 0 Å². The molecule has 6 nitrogen and oxygen atoms in total. The van der Waals surface area contributed by atoms with Crippen LogP contribution in [0.4, 0.5) is 0 Å². The second-order valence-corrected chi connectivity index (χ2v) is 8.07. The van der Waals surface area contributed by atoms with Gasteiger partial charge in [-0.25, -0.2) is 13.4 Å². The van der Waals surface area contributed by atoms with E-state index >= 15 is 0 Å². The van der Waals surface area contributed by atoms with Gasteiger partial charge in [0.2, 0.25) is 0 Å². The van der Waals surface area contributed by atoms with Crippen LogP contribution in [0.5, 0.6) is 0 Å². The lowest BCUT2D eigenvalue weighted by Crippen LogP contribution is -2.26. The molecule has 0 aliphatic carbocycles. The summed E-state index contributed by atoms with van der Waals surface area (Å²) in [5.74, 6) is -0.253. The molecular weight excluding hydrogens is 350 g/mol. The third-order valence-electron chi connectivity index (χ3n) is 4.09. The van der Waals surface area contributed by atoms with Crippen LogP contribution in [0.15, 0.2) is 72.1 Å². The van der Waals surface area contributed by atoms with E-state index in [1.165, 1.54) is 24.3 Å². The highest BCUT2D eigenvalue weighted by atomic mass is 32.2. The van der Waals surface area contributed by atoms with Crippen molar-refractivity contribution in [2.75, 3.05) is 6.26 Å². The smallest absolute Gasteiger partial charge is 0.251 e. The normalized spacial score (nSPS) is 12.5. The summed E-state index contributed by atoms with van der Waals surface area (Å²) in [7, 11) is -3.27. The molecule has 0 fully saturated rings. The summed E-state index contributed by atoms with van der Waals surface area (Å²) in [5, 5.41) is 2.92. The maximum absolute atomic E-state index is 12.4. The van der Waals surface area contributed by atoms with Gasteiger partial charge in [0.15, 0.2) is 9.84 Å². The lowest BCUT2D eigenvalue weighted by Gasteiger charge is -2.15. The molecule has 2 aromatic carbocycles. The molecule has 1 aromatic heterocycles. The number of rotatable bonds is 5. The standard InChI is InChI=1S/C19H19N3O3S/c1-14(15-3-7-17(8-4-15)22-12-11-20-13-22)21-19(23)16-5-9-18(10-6-16)26(2,24)25/h3-14H,1-2H3,(H,21,23)/t14-/m0/s1. The Bertz CT molecular complexity index is 993. The van der Waals surface area contributed by atoms with Gasteiger partial charge >= 0.3 is 0 Å². The predicted octanol–water partition coefficient (Wildman–Crippen LogP) is 2.77. The first kappa shape index (κ1) is 17.9. The van der Waals surface area contributed by atoms with Crippen molar-refractivity contribution in [3.63, 3.8) is 0 Å². The Morgan fingerprint density at radius 3 is 2.27 bits per heavy atom. The largest absolute Gasteiger partial charge is 0.346 e. The molecule has 1 amide bonds. The van der Waals surface area contributed by atoms with Crippen molar-refractivity contribution in [1.82, 2.24) is 14.9 Å². The highest BCUT2D eigenvalue weighted by Gasteiger charge is 2.13. The Hall–Kier alpha value is -2.93. The zero-order valence-electron chi connectivity index (χ0n) is 14.5. The summed E-state index contributed by atoms with van der Waals surface area (Å²) >= 11 is 0. The van der Waals surface area contributed by atoms with Crippen LogP contribution < -0.4 is 5.32 Å². The first-order valence-electron chi connectivity index (χ1n) is 8.04. The number of hydrogen-bond donors (Lipinski definition) is 1. The van der Waals surface area contributed by atoms with Crippen LogP contribution in [-0.4, -0.2) is 30.1 Å². The molecule has 0 aliphatic rings. The van der Waals surface area contributed by atoms with E-state index in [0.717, 1.165) is 17.5 Å². The number of carbonyl (C=O) groups is 1. The number of benzene rings is 2. The van der Waals surface area contributed by atoms with Gasteiger partial charge in [-0.15, -0.1) is 0 Å². The second-order valence-electron chi connectivity index (χ2n) is 6.05. The summed E-state index contributed by atoms with van der Waals surface area (Å²) in [6, 6.07) is 13.5. The van der Waals surface area contributed by atoms with E-state index in [1.807, 2.05) is 42.0 Å². The fourth-order valence-electron chi connectivity index (χ4n) is 2.56. The monoisotopic (exact) mass is 369 g/mol. The number of nitrogens with zero attached hydrogens (tertiary/aromatic N) is 2. The average molecular weight is 369 g/mol. The minimum absolute atomic E-state index is 0.186. The van der Waals surface area contributed by atoms with Gasteiger partial charge in [-0.3, -0.25) is 4.79 Å². The average Bonchev–Trinajstić information content (AvgIpc) is 3.16. The van der Waals surface area contributed by atoms with Gasteiger partial charge in [-0.05, 0) is 48.9 Å². The van der Waals surface area contributed by atoms with Gasteiger partial charge in [0.1, 0.15) is 0 Å². The van der Waals surface area contributed by atoms with Crippen LogP contribution in [0.3, 0.4) is 0 Å². The van der Waals surface area contributed by atoms with Gasteiger partial charge in [0, 0.05) is 29.9 Å². The molecule has 0 spiro atoms. The van der Waals surface area contributed by atoms with Gasteiger partial charge in [-0.1, -0.05) is 12.1 Å². The van der Waals surface area contributed by atoms with Gasteiger partial charge in [-0.2, -0.15) is 0 Å². The maximum Gasteiger partial charge on any atom is 0.251 e. The van der Waals surface area contributed by atoms with Crippen molar-refractivity contribution < 1.29 is 13.2 Å². The summed E-state index contributed by atoms with van der Waals surface area (Å²) in [4.78, 5) is 16.6. The number of sulfone groups is 1. The van der Waals surface area contributed by atoms with E-state index in [9.17, 15) is 13.2 Å². The highest BCUT2D eigenvalue weighted by Crippen LogP contribution is 2.17. The Kier molecular flexibility index (Phi) is 4.90. The van der Waals surface area contributed by atoms with Crippen molar-refractivity contribution >= 4 is 15.7 Å². The fraction of sp³-hybridized carbons (Fsp3) is 0.158. The number of imidazole rings is 1. The lowest BCUT2D eigenvalue weighted by molar-refractivity contribution is 0.0940. The first-order valence-corrected chi connectivity index (χ1v) is 9.93. The van der Waals surface area contributed by atoms with Gasteiger partial charge < -0.3 is 9.88 Å². The topological polar surface area (TPSA) is 81.1 Å². The van der Waals surface area contributed by atoms with Gasteiger partial charge in [0.25, 0.3) is 5.91 Å². The molecule has 134 valence electrons. The van der Waals surface area contributed by atoms with E-state index in [1.54, 1.807) is 12.5 Å². The first-order chi connectivity index (χ1) is 12.3. The van der Waals surface area contributed by atoms with Crippen LogP contribution in [0.2, 0.25) is 0 Å². The van der Waals surface area contributed by atoms with Crippen molar-refractivity contribution in [3.8, 4) is 5.69 Å². The minimum atomic E-state index is -3.27. The molecule has 26 heavy (non-hydrogen) atoms. The summed E-state index contributed by atoms with van der Waals surface area (Å²) in [6.45, 7) is 1.90. The summed E-state index contributed by atoms with van der Waals surface area (Å²) < 4.78 is 24.9. The number of aromatic nitrogens is 2. The van der Waals surface area contributed by atoms with E-state index in [-0.39, 0.29) is 16.8 Å². The molecule has 0 saturated heterocycles.